The van der Waals surface area contributed by atoms with Gasteiger partial charge in [-0.25, -0.2) is 0 Å². The van der Waals surface area contributed by atoms with Crippen molar-refractivity contribution in [3.05, 3.63) is 65.2 Å². The second kappa shape index (κ2) is 4.11. The normalized spacial score (nSPS) is 13.3. The van der Waals surface area contributed by atoms with Gasteiger partial charge in [0.05, 0.1) is 11.3 Å². The highest BCUT2D eigenvalue weighted by molar-refractivity contribution is 6.51. The maximum Gasteiger partial charge on any atom is 0.296 e. The highest BCUT2D eigenvalue weighted by Gasteiger charge is 2.27. The average Bonchev–Trinajstić information content (AvgIpc) is 2.67. The first-order valence-corrected chi connectivity index (χ1v) is 5.76. The van der Waals surface area contributed by atoms with E-state index in [1.54, 1.807) is 12.1 Å². The summed E-state index contributed by atoms with van der Waals surface area (Å²) in [7, 11) is 0. The van der Waals surface area contributed by atoms with E-state index in [1.165, 1.54) is 5.56 Å². The number of nitrogens with one attached hydrogen (secondary N) is 1. The highest BCUT2D eigenvalue weighted by Crippen LogP contribution is 2.24. The van der Waals surface area contributed by atoms with Crippen LogP contribution in [0.2, 0.25) is 0 Å². The third-order valence-electron chi connectivity index (χ3n) is 3.03. The van der Waals surface area contributed by atoms with E-state index in [-0.39, 0.29) is 0 Å². The molecule has 0 aliphatic carbocycles. The summed E-state index contributed by atoms with van der Waals surface area (Å²) in [6, 6.07) is 15.5. The van der Waals surface area contributed by atoms with E-state index in [4.69, 9.17) is 0 Å². The maximum atomic E-state index is 11.6. The van der Waals surface area contributed by atoms with Gasteiger partial charge in [-0.15, -0.1) is 0 Å². The second-order valence-electron chi connectivity index (χ2n) is 4.33. The summed E-state index contributed by atoms with van der Waals surface area (Å²) in [5.41, 5.74) is 3.31. The molecule has 2 aromatic carbocycles. The summed E-state index contributed by atoms with van der Waals surface area (Å²) in [6.07, 6.45) is 0.760. The zero-order valence-electron chi connectivity index (χ0n) is 9.64. The van der Waals surface area contributed by atoms with Gasteiger partial charge in [0.15, 0.2) is 0 Å². The van der Waals surface area contributed by atoms with Gasteiger partial charge in [-0.2, -0.15) is 0 Å². The molecule has 0 bridgehead atoms. The van der Waals surface area contributed by atoms with Gasteiger partial charge in [0.1, 0.15) is 0 Å². The van der Waals surface area contributed by atoms with Gasteiger partial charge in [0.2, 0.25) is 0 Å². The predicted molar refractivity (Wildman–Crippen MR) is 68.7 cm³/mol. The molecular weight excluding hydrogens is 226 g/mol. The Balaban J connectivity index is 1.92. The molecule has 3 nitrogen and oxygen atoms in total. The summed E-state index contributed by atoms with van der Waals surface area (Å²) in [6.45, 7) is 0. The fourth-order valence-corrected chi connectivity index (χ4v) is 2.13. The molecule has 0 unspecified atom stereocenters. The summed E-state index contributed by atoms with van der Waals surface area (Å²) < 4.78 is 0. The van der Waals surface area contributed by atoms with Crippen molar-refractivity contribution in [2.75, 3.05) is 5.32 Å². The first-order chi connectivity index (χ1) is 8.74. The Morgan fingerprint density at radius 1 is 0.889 bits per heavy atom. The zero-order valence-corrected chi connectivity index (χ0v) is 9.64. The molecule has 0 atom stereocenters. The zero-order chi connectivity index (χ0) is 12.5. The second-order valence-corrected chi connectivity index (χ2v) is 4.33. The largest absolute Gasteiger partial charge is 0.318 e. The third kappa shape index (κ3) is 1.80. The number of carbonyl (C=O) groups excluding carboxylic acids is 2. The van der Waals surface area contributed by atoms with Crippen LogP contribution in [0.15, 0.2) is 48.5 Å². The van der Waals surface area contributed by atoms with Crippen LogP contribution in [0.4, 0.5) is 5.69 Å². The number of benzene rings is 2. The van der Waals surface area contributed by atoms with Gasteiger partial charge in [-0.1, -0.05) is 36.4 Å². The molecule has 1 N–H and O–H groups in total. The first-order valence-electron chi connectivity index (χ1n) is 5.76. The fourth-order valence-electron chi connectivity index (χ4n) is 2.13. The van der Waals surface area contributed by atoms with Crippen molar-refractivity contribution in [3.63, 3.8) is 0 Å². The van der Waals surface area contributed by atoms with E-state index in [9.17, 15) is 9.59 Å². The van der Waals surface area contributed by atoms with Crippen LogP contribution in [0.1, 0.15) is 21.5 Å². The highest BCUT2D eigenvalue weighted by atomic mass is 16.2. The van der Waals surface area contributed by atoms with Crippen molar-refractivity contribution in [1.29, 1.82) is 0 Å². The van der Waals surface area contributed by atoms with E-state index >= 15 is 0 Å². The van der Waals surface area contributed by atoms with Crippen molar-refractivity contribution in [2.24, 2.45) is 0 Å². The third-order valence-corrected chi connectivity index (χ3v) is 3.03. The van der Waals surface area contributed by atoms with Crippen LogP contribution in [0.25, 0.3) is 0 Å². The summed E-state index contributed by atoms with van der Waals surface area (Å²) in [5, 5.41) is 2.55. The molecule has 1 aliphatic heterocycles. The molecule has 0 saturated heterocycles. The van der Waals surface area contributed by atoms with Gasteiger partial charge < -0.3 is 5.32 Å². The van der Waals surface area contributed by atoms with E-state index in [1.807, 2.05) is 36.4 Å². The van der Waals surface area contributed by atoms with Crippen LogP contribution < -0.4 is 5.32 Å². The molecular formula is C15H11NO2. The Bertz CT molecular complexity index is 632. The summed E-state index contributed by atoms with van der Waals surface area (Å²) >= 11 is 0. The topological polar surface area (TPSA) is 46.2 Å². The molecule has 0 radical (unpaired) electrons. The van der Waals surface area contributed by atoms with E-state index in [0.29, 0.717) is 11.3 Å². The predicted octanol–water partition coefficient (Wildman–Crippen LogP) is 2.41. The van der Waals surface area contributed by atoms with E-state index in [0.717, 1.165) is 12.0 Å². The van der Waals surface area contributed by atoms with Crippen LogP contribution in [0.5, 0.6) is 0 Å². The molecule has 0 saturated carbocycles. The Morgan fingerprint density at radius 2 is 1.67 bits per heavy atom. The van der Waals surface area contributed by atoms with Gasteiger partial charge in [-0.05, 0) is 29.7 Å². The number of ketones is 1. The number of amides is 1. The van der Waals surface area contributed by atoms with Crippen LogP contribution in [-0.4, -0.2) is 11.7 Å². The van der Waals surface area contributed by atoms with Gasteiger partial charge in [0.25, 0.3) is 11.7 Å². The SMILES string of the molecule is O=C1Nc2ccc(Cc3ccccc3)cc2C1=O. The molecule has 3 heteroatoms. The Morgan fingerprint density at radius 3 is 2.44 bits per heavy atom. The molecule has 0 spiro atoms. The number of rotatable bonds is 2. The lowest BCUT2D eigenvalue weighted by Gasteiger charge is -2.03. The lowest BCUT2D eigenvalue weighted by atomic mass is 10.0. The number of hydrogen-bond acceptors (Lipinski definition) is 2. The molecule has 1 amide bonds. The van der Waals surface area contributed by atoms with Gasteiger partial charge >= 0.3 is 0 Å². The minimum Gasteiger partial charge on any atom is -0.318 e. The minimum atomic E-state index is -0.540. The lowest BCUT2D eigenvalue weighted by molar-refractivity contribution is -0.112. The number of hydrogen-bond donors (Lipinski definition) is 1. The van der Waals surface area contributed by atoms with Gasteiger partial charge in [-0.3, -0.25) is 9.59 Å². The summed E-state index contributed by atoms with van der Waals surface area (Å²) in [4.78, 5) is 22.8. The smallest absolute Gasteiger partial charge is 0.296 e. The number of Topliss-reactive ketones (excluding diaryl/α,β-unsaturated/α-hetero) is 1. The Hall–Kier alpha value is -2.42. The van der Waals surface area contributed by atoms with Gasteiger partial charge in [0, 0.05) is 0 Å². The van der Waals surface area contributed by atoms with E-state index < -0.39 is 11.7 Å². The van der Waals surface area contributed by atoms with Crippen molar-refractivity contribution < 1.29 is 9.59 Å². The quantitative estimate of drug-likeness (QED) is 0.815. The lowest BCUT2D eigenvalue weighted by Crippen LogP contribution is -2.12. The molecule has 88 valence electrons. The molecule has 1 aliphatic rings. The van der Waals surface area contributed by atoms with Crippen LogP contribution in [0, 0.1) is 0 Å². The molecule has 2 aromatic rings. The Labute approximate surface area is 104 Å². The molecule has 0 fully saturated rings. The molecule has 0 aromatic heterocycles. The number of carbonyl (C=O) groups is 2. The molecule has 18 heavy (non-hydrogen) atoms. The van der Waals surface area contributed by atoms with Crippen molar-refractivity contribution in [2.45, 2.75) is 6.42 Å². The minimum absolute atomic E-state index is 0.445. The molecule has 3 rings (SSSR count). The maximum absolute atomic E-state index is 11.6. The van der Waals surface area contributed by atoms with Crippen LogP contribution >= 0.6 is 0 Å². The first kappa shape index (κ1) is 10.7. The standard InChI is InChI=1S/C15H11NO2/c17-14-12-9-11(6-7-13(12)16-15(14)18)8-10-4-2-1-3-5-10/h1-7,9H,8H2,(H,16,17,18). The fraction of sp³-hybridized carbons (Fsp3) is 0.0667. The van der Waals surface area contributed by atoms with Crippen molar-refractivity contribution >= 4 is 17.4 Å². The molecule has 1 heterocycles. The van der Waals surface area contributed by atoms with Crippen LogP contribution in [-0.2, 0) is 11.2 Å². The van der Waals surface area contributed by atoms with E-state index in [2.05, 4.69) is 5.32 Å². The number of fused-ring (bicyclic) bond motifs is 1. The van der Waals surface area contributed by atoms with Crippen molar-refractivity contribution in [1.82, 2.24) is 0 Å². The van der Waals surface area contributed by atoms with Crippen molar-refractivity contribution in [3.8, 4) is 0 Å². The Kier molecular flexibility index (Phi) is 2.45. The average molecular weight is 237 g/mol. The number of anilines is 1. The van der Waals surface area contributed by atoms with Crippen LogP contribution in [0.3, 0.4) is 0 Å². The monoisotopic (exact) mass is 237 g/mol. The summed E-state index contributed by atoms with van der Waals surface area (Å²) in [5.74, 6) is -0.984.